The molecule has 6 heteroatoms. The molecular formula is C26H19N5O. The number of nitrogens with two attached hydrogens (primary N) is 1. The highest BCUT2D eigenvalue weighted by Gasteiger charge is 2.21. The van der Waals surface area contributed by atoms with Gasteiger partial charge in [-0.05, 0) is 30.2 Å². The van der Waals surface area contributed by atoms with Crippen molar-refractivity contribution in [3.8, 4) is 39.6 Å². The molecule has 0 fully saturated rings. The molecule has 0 amide bonds. The predicted molar refractivity (Wildman–Crippen MR) is 126 cm³/mol. The molecule has 2 heterocycles. The number of hydrogen-bond donors (Lipinski definition) is 2. The van der Waals surface area contributed by atoms with E-state index in [2.05, 4.69) is 11.1 Å². The Morgan fingerprint density at radius 3 is 2.22 bits per heavy atom. The highest BCUT2D eigenvalue weighted by molar-refractivity contribution is 5.91. The van der Waals surface area contributed by atoms with Crippen LogP contribution < -0.4 is 11.3 Å². The van der Waals surface area contributed by atoms with Crippen molar-refractivity contribution in [1.29, 1.82) is 5.26 Å². The molecule has 5 aromatic rings. The van der Waals surface area contributed by atoms with Crippen molar-refractivity contribution in [2.45, 2.75) is 6.92 Å². The summed E-state index contributed by atoms with van der Waals surface area (Å²) in [6.45, 7) is 1.85. The number of hydrogen-bond acceptors (Lipinski definition) is 4. The van der Waals surface area contributed by atoms with Gasteiger partial charge < -0.3 is 10.7 Å². The molecule has 0 aliphatic rings. The largest absolute Gasteiger partial charge is 0.398 e. The fourth-order valence-electron chi connectivity index (χ4n) is 4.01. The van der Waals surface area contributed by atoms with E-state index in [4.69, 9.17) is 10.8 Å². The minimum atomic E-state index is -0.260. The Morgan fingerprint density at radius 2 is 1.56 bits per heavy atom. The second-order valence-corrected chi connectivity index (χ2v) is 7.56. The van der Waals surface area contributed by atoms with Crippen molar-refractivity contribution in [1.82, 2.24) is 14.6 Å². The zero-order valence-electron chi connectivity index (χ0n) is 17.3. The maximum Gasteiger partial charge on any atom is 0.282 e. The Hall–Kier alpha value is -4.63. The number of benzene rings is 3. The second kappa shape index (κ2) is 7.56. The van der Waals surface area contributed by atoms with E-state index in [1.807, 2.05) is 67.6 Å². The Balaban J connectivity index is 1.85. The normalized spacial score (nSPS) is 10.9. The number of aromatic amines is 1. The van der Waals surface area contributed by atoms with Gasteiger partial charge in [0.05, 0.1) is 16.7 Å². The molecule has 32 heavy (non-hydrogen) atoms. The summed E-state index contributed by atoms with van der Waals surface area (Å²) >= 11 is 0. The molecule has 0 aliphatic heterocycles. The molecule has 0 atom stereocenters. The third kappa shape index (κ3) is 3.04. The number of nitrogens with one attached hydrogen (secondary N) is 1. The van der Waals surface area contributed by atoms with E-state index in [1.165, 1.54) is 4.52 Å². The van der Waals surface area contributed by atoms with Gasteiger partial charge >= 0.3 is 0 Å². The first kappa shape index (κ1) is 19.3. The smallest absolute Gasteiger partial charge is 0.282 e. The van der Waals surface area contributed by atoms with Crippen molar-refractivity contribution < 1.29 is 0 Å². The Labute approximate surface area is 184 Å². The first-order chi connectivity index (χ1) is 15.6. The van der Waals surface area contributed by atoms with Gasteiger partial charge in [-0.2, -0.15) is 14.9 Å². The van der Waals surface area contributed by atoms with Gasteiger partial charge in [0.15, 0.2) is 0 Å². The lowest BCUT2D eigenvalue weighted by Crippen LogP contribution is -2.19. The van der Waals surface area contributed by atoms with Crippen LogP contribution in [0.2, 0.25) is 0 Å². The van der Waals surface area contributed by atoms with Crippen LogP contribution in [0.1, 0.15) is 11.3 Å². The van der Waals surface area contributed by atoms with Crippen LogP contribution in [-0.4, -0.2) is 14.6 Å². The van der Waals surface area contributed by atoms with Gasteiger partial charge in [0.1, 0.15) is 17.4 Å². The summed E-state index contributed by atoms with van der Waals surface area (Å²) < 4.78 is 1.41. The van der Waals surface area contributed by atoms with Gasteiger partial charge in [-0.25, -0.2) is 0 Å². The number of rotatable bonds is 3. The maximum atomic E-state index is 13.6. The van der Waals surface area contributed by atoms with Crippen molar-refractivity contribution in [3.63, 3.8) is 0 Å². The minimum Gasteiger partial charge on any atom is -0.398 e. The van der Waals surface area contributed by atoms with Crippen LogP contribution in [0.25, 0.3) is 39.2 Å². The Kier molecular flexibility index (Phi) is 4.57. The van der Waals surface area contributed by atoms with E-state index < -0.39 is 0 Å². The van der Waals surface area contributed by atoms with Crippen LogP contribution in [-0.2, 0) is 0 Å². The standard InChI is InChI=1S/C26H19N5O/c1-16-22(19-12-13-21(28)20(14-19)15-27)26(32)31-25(29-16)23(17-8-4-2-5-9-17)24(30-31)18-10-6-3-7-11-18/h2-14,29H,28H2,1H3. The molecule has 154 valence electrons. The number of fused-ring (bicyclic) bond motifs is 1. The number of nitrogen functional groups attached to an aromatic ring is 1. The molecule has 0 radical (unpaired) electrons. The van der Waals surface area contributed by atoms with Crippen LogP contribution in [0.5, 0.6) is 0 Å². The molecule has 3 aromatic carbocycles. The molecule has 2 aromatic heterocycles. The summed E-state index contributed by atoms with van der Waals surface area (Å²) in [5.74, 6) is 0. The molecule has 0 aliphatic carbocycles. The number of nitrogens with zero attached hydrogens (tertiary/aromatic N) is 3. The summed E-state index contributed by atoms with van der Waals surface area (Å²) in [5, 5.41) is 14.1. The van der Waals surface area contributed by atoms with Gasteiger partial charge in [-0.3, -0.25) is 4.79 Å². The summed E-state index contributed by atoms with van der Waals surface area (Å²) in [7, 11) is 0. The molecule has 0 unspecified atom stereocenters. The zero-order chi connectivity index (χ0) is 22.2. The predicted octanol–water partition coefficient (Wildman–Crippen LogP) is 4.79. The SMILES string of the molecule is Cc1[nH]c2c(-c3ccccc3)c(-c3ccccc3)nn2c(=O)c1-c1ccc(N)c(C#N)c1. The van der Waals surface area contributed by atoms with Crippen LogP contribution in [0.3, 0.4) is 0 Å². The topological polar surface area (TPSA) is 100.0 Å². The molecule has 0 saturated heterocycles. The number of nitriles is 1. The van der Waals surface area contributed by atoms with E-state index in [0.717, 1.165) is 22.4 Å². The van der Waals surface area contributed by atoms with E-state index in [9.17, 15) is 10.1 Å². The quantitative estimate of drug-likeness (QED) is 0.412. The van der Waals surface area contributed by atoms with Crippen molar-refractivity contribution in [2.24, 2.45) is 0 Å². The number of H-pyrrole nitrogens is 1. The van der Waals surface area contributed by atoms with Gasteiger partial charge in [-0.15, -0.1) is 0 Å². The zero-order valence-corrected chi connectivity index (χ0v) is 17.3. The fourth-order valence-corrected chi connectivity index (χ4v) is 4.01. The van der Waals surface area contributed by atoms with Crippen LogP contribution in [0, 0.1) is 18.3 Å². The Morgan fingerprint density at radius 1 is 0.906 bits per heavy atom. The van der Waals surface area contributed by atoms with Gasteiger partial charge in [-0.1, -0.05) is 66.7 Å². The first-order valence-electron chi connectivity index (χ1n) is 10.1. The minimum absolute atomic E-state index is 0.260. The molecular weight excluding hydrogens is 398 g/mol. The van der Waals surface area contributed by atoms with E-state index >= 15 is 0 Å². The van der Waals surface area contributed by atoms with Crippen LogP contribution in [0.15, 0.2) is 83.7 Å². The first-order valence-corrected chi connectivity index (χ1v) is 10.1. The Bertz CT molecular complexity index is 1560. The van der Waals surface area contributed by atoms with Gasteiger partial charge in [0, 0.05) is 16.9 Å². The number of aromatic nitrogens is 3. The van der Waals surface area contributed by atoms with E-state index in [-0.39, 0.29) is 5.56 Å². The molecule has 0 bridgehead atoms. The average molecular weight is 417 g/mol. The third-order valence-electron chi connectivity index (χ3n) is 5.54. The number of anilines is 1. The molecule has 5 rings (SSSR count). The van der Waals surface area contributed by atoms with Crippen LogP contribution >= 0.6 is 0 Å². The van der Waals surface area contributed by atoms with Crippen molar-refractivity contribution >= 4 is 11.3 Å². The lowest BCUT2D eigenvalue weighted by atomic mass is 10.0. The van der Waals surface area contributed by atoms with Crippen molar-refractivity contribution in [2.75, 3.05) is 5.73 Å². The third-order valence-corrected chi connectivity index (χ3v) is 5.54. The lowest BCUT2D eigenvalue weighted by Gasteiger charge is -2.09. The summed E-state index contributed by atoms with van der Waals surface area (Å²) in [5.41, 5.74) is 12.2. The fraction of sp³-hybridized carbons (Fsp3) is 0.0385. The highest BCUT2D eigenvalue weighted by Crippen LogP contribution is 2.34. The molecule has 3 N–H and O–H groups in total. The highest BCUT2D eigenvalue weighted by atomic mass is 16.1. The average Bonchev–Trinajstić information content (AvgIpc) is 3.21. The van der Waals surface area contributed by atoms with Crippen LogP contribution in [0.4, 0.5) is 5.69 Å². The maximum absolute atomic E-state index is 13.6. The lowest BCUT2D eigenvalue weighted by molar-refractivity contribution is 0.897. The van der Waals surface area contributed by atoms with Crippen molar-refractivity contribution in [3.05, 3.63) is 100 Å². The monoisotopic (exact) mass is 417 g/mol. The van der Waals surface area contributed by atoms with E-state index in [0.29, 0.717) is 33.7 Å². The summed E-state index contributed by atoms with van der Waals surface area (Å²) in [6, 6.07) is 26.8. The summed E-state index contributed by atoms with van der Waals surface area (Å²) in [4.78, 5) is 17.0. The second-order valence-electron chi connectivity index (χ2n) is 7.56. The number of aryl methyl sites for hydroxylation is 1. The molecule has 6 nitrogen and oxygen atoms in total. The molecule has 0 spiro atoms. The summed E-state index contributed by atoms with van der Waals surface area (Å²) in [6.07, 6.45) is 0. The van der Waals surface area contributed by atoms with Gasteiger partial charge in [0.25, 0.3) is 5.56 Å². The van der Waals surface area contributed by atoms with E-state index in [1.54, 1.807) is 18.2 Å². The van der Waals surface area contributed by atoms with Gasteiger partial charge in [0.2, 0.25) is 0 Å². The molecule has 0 saturated carbocycles.